The molecule has 1 saturated heterocycles. The zero-order valence-electron chi connectivity index (χ0n) is 8.86. The minimum atomic E-state index is -0.777. The van der Waals surface area contributed by atoms with Crippen LogP contribution in [0.2, 0.25) is 0 Å². The highest BCUT2D eigenvalue weighted by atomic mass is 16.4. The topological polar surface area (TPSA) is 60.8 Å². The number of rotatable bonds is 4. The molecule has 1 fully saturated rings. The molecule has 1 atom stereocenters. The van der Waals surface area contributed by atoms with Crippen molar-refractivity contribution in [2.24, 2.45) is 5.41 Å². The molecule has 1 rings (SSSR count). The van der Waals surface area contributed by atoms with Crippen molar-refractivity contribution in [3.63, 3.8) is 0 Å². The SMILES string of the molecule is CC(C)(CN1CCC[C@@H]1CO)C(=O)O. The van der Waals surface area contributed by atoms with E-state index < -0.39 is 11.4 Å². The summed E-state index contributed by atoms with van der Waals surface area (Å²) in [6, 6.07) is 0.161. The lowest BCUT2D eigenvalue weighted by Crippen LogP contribution is -2.42. The van der Waals surface area contributed by atoms with Gasteiger partial charge < -0.3 is 10.2 Å². The first kappa shape index (κ1) is 11.5. The predicted molar refractivity (Wildman–Crippen MR) is 53.1 cm³/mol. The Labute approximate surface area is 84.5 Å². The number of nitrogens with zero attached hydrogens (tertiary/aromatic N) is 1. The van der Waals surface area contributed by atoms with Crippen LogP contribution < -0.4 is 0 Å². The fourth-order valence-electron chi connectivity index (χ4n) is 1.89. The van der Waals surface area contributed by atoms with Crippen LogP contribution in [0.3, 0.4) is 0 Å². The van der Waals surface area contributed by atoms with E-state index in [-0.39, 0.29) is 12.6 Å². The average Bonchev–Trinajstić information content (AvgIpc) is 2.50. The summed E-state index contributed by atoms with van der Waals surface area (Å²) >= 11 is 0. The maximum Gasteiger partial charge on any atom is 0.310 e. The lowest BCUT2D eigenvalue weighted by atomic mass is 9.93. The monoisotopic (exact) mass is 201 g/mol. The second-order valence-corrected chi connectivity index (χ2v) is 4.64. The number of hydrogen-bond donors (Lipinski definition) is 2. The first-order valence-electron chi connectivity index (χ1n) is 5.05. The van der Waals surface area contributed by atoms with E-state index in [9.17, 15) is 4.79 Å². The molecule has 0 amide bonds. The molecule has 0 aromatic rings. The van der Waals surface area contributed by atoms with Crippen molar-refractivity contribution >= 4 is 5.97 Å². The van der Waals surface area contributed by atoms with E-state index >= 15 is 0 Å². The van der Waals surface area contributed by atoms with Crippen molar-refractivity contribution in [3.8, 4) is 0 Å². The summed E-state index contributed by atoms with van der Waals surface area (Å²) in [6.45, 7) is 5.01. The second kappa shape index (κ2) is 4.28. The van der Waals surface area contributed by atoms with E-state index in [0.29, 0.717) is 6.54 Å². The van der Waals surface area contributed by atoms with Crippen LogP contribution in [0, 0.1) is 5.41 Å². The van der Waals surface area contributed by atoms with E-state index in [2.05, 4.69) is 4.90 Å². The summed E-state index contributed by atoms with van der Waals surface area (Å²) < 4.78 is 0. The van der Waals surface area contributed by atoms with Gasteiger partial charge in [0.1, 0.15) is 0 Å². The zero-order chi connectivity index (χ0) is 10.8. The Balaban J connectivity index is 2.54. The highest BCUT2D eigenvalue weighted by molar-refractivity contribution is 5.73. The van der Waals surface area contributed by atoms with E-state index in [1.807, 2.05) is 0 Å². The van der Waals surface area contributed by atoms with Gasteiger partial charge in [-0.1, -0.05) is 0 Å². The molecule has 0 bridgehead atoms. The van der Waals surface area contributed by atoms with Gasteiger partial charge in [0.25, 0.3) is 0 Å². The second-order valence-electron chi connectivity index (χ2n) is 4.64. The average molecular weight is 201 g/mol. The molecule has 4 heteroatoms. The summed E-state index contributed by atoms with van der Waals surface area (Å²) in [6.07, 6.45) is 2.03. The third-order valence-corrected chi connectivity index (χ3v) is 2.89. The van der Waals surface area contributed by atoms with Crippen LogP contribution in [0.15, 0.2) is 0 Å². The number of carboxylic acid groups (broad SMARTS) is 1. The molecule has 2 N–H and O–H groups in total. The molecular weight excluding hydrogens is 182 g/mol. The Bertz CT molecular complexity index is 215. The number of aliphatic carboxylic acids is 1. The summed E-state index contributed by atoms with van der Waals surface area (Å²) in [5.41, 5.74) is -0.724. The fraction of sp³-hybridized carbons (Fsp3) is 0.900. The Morgan fingerprint density at radius 3 is 2.71 bits per heavy atom. The first-order chi connectivity index (χ1) is 6.47. The summed E-state index contributed by atoms with van der Waals surface area (Å²) in [5, 5.41) is 18.1. The van der Waals surface area contributed by atoms with Gasteiger partial charge in [0.05, 0.1) is 12.0 Å². The predicted octanol–water partition coefficient (Wildman–Crippen LogP) is 0.554. The van der Waals surface area contributed by atoms with Crippen molar-refractivity contribution in [1.82, 2.24) is 4.90 Å². The third kappa shape index (κ3) is 2.45. The van der Waals surface area contributed by atoms with Crippen LogP contribution in [0.1, 0.15) is 26.7 Å². The van der Waals surface area contributed by atoms with E-state index in [1.165, 1.54) is 0 Å². The molecule has 1 heterocycles. The van der Waals surface area contributed by atoms with Crippen molar-refractivity contribution < 1.29 is 15.0 Å². The van der Waals surface area contributed by atoms with E-state index in [4.69, 9.17) is 10.2 Å². The molecule has 0 saturated carbocycles. The maximum atomic E-state index is 10.9. The molecule has 1 aliphatic heterocycles. The van der Waals surface area contributed by atoms with Crippen LogP contribution >= 0.6 is 0 Å². The summed E-state index contributed by atoms with van der Waals surface area (Å²) in [4.78, 5) is 13.0. The fourth-order valence-corrected chi connectivity index (χ4v) is 1.89. The van der Waals surface area contributed by atoms with E-state index in [1.54, 1.807) is 13.8 Å². The lowest BCUT2D eigenvalue weighted by molar-refractivity contribution is -0.148. The van der Waals surface area contributed by atoms with Crippen LogP contribution in [-0.2, 0) is 4.79 Å². The van der Waals surface area contributed by atoms with Gasteiger partial charge in [0.2, 0.25) is 0 Å². The van der Waals surface area contributed by atoms with Crippen molar-refractivity contribution in [2.45, 2.75) is 32.7 Å². The number of carboxylic acids is 1. The largest absolute Gasteiger partial charge is 0.481 e. The van der Waals surface area contributed by atoms with Crippen molar-refractivity contribution in [1.29, 1.82) is 0 Å². The molecule has 0 spiro atoms. The zero-order valence-corrected chi connectivity index (χ0v) is 8.86. The van der Waals surface area contributed by atoms with Gasteiger partial charge in [0.15, 0.2) is 0 Å². The van der Waals surface area contributed by atoms with Crippen LogP contribution in [-0.4, -0.2) is 46.8 Å². The summed E-state index contributed by atoms with van der Waals surface area (Å²) in [5.74, 6) is -0.777. The Morgan fingerprint density at radius 1 is 1.57 bits per heavy atom. The first-order valence-corrected chi connectivity index (χ1v) is 5.05. The standard InChI is InChI=1S/C10H19NO3/c1-10(2,9(13)14)7-11-5-3-4-8(11)6-12/h8,12H,3-7H2,1-2H3,(H,13,14)/t8-/m1/s1. The van der Waals surface area contributed by atoms with E-state index in [0.717, 1.165) is 19.4 Å². The number of aliphatic hydroxyl groups is 1. The molecule has 14 heavy (non-hydrogen) atoms. The molecule has 0 aromatic heterocycles. The maximum absolute atomic E-state index is 10.9. The summed E-state index contributed by atoms with van der Waals surface area (Å²) in [7, 11) is 0. The van der Waals surface area contributed by atoms with Crippen molar-refractivity contribution in [2.75, 3.05) is 19.7 Å². The minimum absolute atomic E-state index is 0.135. The molecule has 0 radical (unpaired) electrons. The van der Waals surface area contributed by atoms with Gasteiger partial charge in [-0.3, -0.25) is 9.69 Å². The molecule has 82 valence electrons. The Morgan fingerprint density at radius 2 is 2.21 bits per heavy atom. The van der Waals surface area contributed by atoms with Gasteiger partial charge in [-0.05, 0) is 33.2 Å². The van der Waals surface area contributed by atoms with Gasteiger partial charge in [-0.2, -0.15) is 0 Å². The highest BCUT2D eigenvalue weighted by Gasteiger charge is 2.34. The highest BCUT2D eigenvalue weighted by Crippen LogP contribution is 2.24. The smallest absolute Gasteiger partial charge is 0.310 e. The van der Waals surface area contributed by atoms with Crippen LogP contribution in [0.5, 0.6) is 0 Å². The number of likely N-dealkylation sites (tertiary alicyclic amines) is 1. The normalized spacial score (nSPS) is 24.1. The van der Waals surface area contributed by atoms with Gasteiger partial charge in [-0.15, -0.1) is 0 Å². The van der Waals surface area contributed by atoms with Crippen LogP contribution in [0.4, 0.5) is 0 Å². The molecule has 0 unspecified atom stereocenters. The molecule has 1 aliphatic rings. The van der Waals surface area contributed by atoms with Gasteiger partial charge in [0, 0.05) is 12.6 Å². The van der Waals surface area contributed by atoms with Gasteiger partial charge >= 0.3 is 5.97 Å². The molecule has 0 aromatic carbocycles. The number of hydrogen-bond acceptors (Lipinski definition) is 3. The quantitative estimate of drug-likeness (QED) is 0.697. The molecule has 0 aliphatic carbocycles. The minimum Gasteiger partial charge on any atom is -0.481 e. The number of carbonyl (C=O) groups is 1. The Hall–Kier alpha value is -0.610. The molecular formula is C10H19NO3. The lowest BCUT2D eigenvalue weighted by Gasteiger charge is -2.30. The van der Waals surface area contributed by atoms with Crippen molar-refractivity contribution in [3.05, 3.63) is 0 Å². The Kier molecular flexibility index (Phi) is 3.50. The van der Waals surface area contributed by atoms with Crippen LogP contribution in [0.25, 0.3) is 0 Å². The number of aliphatic hydroxyl groups excluding tert-OH is 1. The van der Waals surface area contributed by atoms with Gasteiger partial charge in [-0.25, -0.2) is 0 Å². The molecule has 4 nitrogen and oxygen atoms in total. The third-order valence-electron chi connectivity index (χ3n) is 2.89.